The first-order valence-corrected chi connectivity index (χ1v) is 12.1. The van der Waals surface area contributed by atoms with Crippen molar-refractivity contribution < 1.29 is 28.5 Å². The summed E-state index contributed by atoms with van der Waals surface area (Å²) in [6.07, 6.45) is -0.786. The molecule has 0 unspecified atom stereocenters. The second-order valence-electron chi connectivity index (χ2n) is 8.62. The summed E-state index contributed by atoms with van der Waals surface area (Å²) in [4.78, 5) is 23.8. The molecule has 3 rings (SSSR count). The summed E-state index contributed by atoms with van der Waals surface area (Å²) >= 11 is 6.54. The lowest BCUT2D eigenvalue weighted by atomic mass is 9.84. The lowest BCUT2D eigenvalue weighted by Gasteiger charge is -2.44. The van der Waals surface area contributed by atoms with Crippen molar-refractivity contribution in [3.8, 4) is 5.75 Å². The molecule has 5 atom stereocenters. The third kappa shape index (κ3) is 6.30. The molecule has 7 heteroatoms. The van der Waals surface area contributed by atoms with Gasteiger partial charge in [-0.15, -0.1) is 0 Å². The predicted octanol–water partition coefficient (Wildman–Crippen LogP) is 5.68. The molecule has 0 aliphatic carbocycles. The van der Waals surface area contributed by atoms with E-state index in [4.69, 9.17) is 30.5 Å². The van der Waals surface area contributed by atoms with Gasteiger partial charge in [0.15, 0.2) is 6.10 Å². The number of benzene rings is 2. The van der Waals surface area contributed by atoms with E-state index in [0.29, 0.717) is 18.1 Å². The summed E-state index contributed by atoms with van der Waals surface area (Å²) in [5, 5.41) is 0.634. The van der Waals surface area contributed by atoms with Crippen LogP contribution in [-0.2, 0) is 30.2 Å². The molecule has 34 heavy (non-hydrogen) atoms. The Morgan fingerprint density at radius 3 is 2.21 bits per heavy atom. The molecule has 6 nitrogen and oxygen atoms in total. The number of carbonyl (C=O) groups excluding carboxylic acids is 2. The topological polar surface area (TPSA) is 71.1 Å². The minimum absolute atomic E-state index is 0.134. The second kappa shape index (κ2) is 11.7. The van der Waals surface area contributed by atoms with Crippen LogP contribution in [0.25, 0.3) is 0 Å². The zero-order valence-corrected chi connectivity index (χ0v) is 21.1. The fraction of sp³-hybridized carbons (Fsp3) is 0.481. The van der Waals surface area contributed by atoms with E-state index >= 15 is 0 Å². The fourth-order valence-corrected chi connectivity index (χ4v) is 4.68. The van der Waals surface area contributed by atoms with Gasteiger partial charge in [0, 0.05) is 24.8 Å². The Morgan fingerprint density at radius 1 is 0.971 bits per heavy atom. The lowest BCUT2D eigenvalue weighted by Crippen LogP contribution is -2.52. The van der Waals surface area contributed by atoms with Crippen LogP contribution in [0, 0.1) is 5.92 Å². The standard InChI is InChI=1S/C27H33ClO6/c1-6-24-16(3)25(32-17(4)29)27(33-18(5)30)26(34-24)20-10-13-23(28)21(15-20)14-19-8-11-22(12-9-19)31-7-2/h8-13,15-16,24-27H,6-7,14H2,1-5H3/t16-,24-,25+,26+,27-/m1/s1. The van der Waals surface area contributed by atoms with Gasteiger partial charge in [0.1, 0.15) is 18.0 Å². The van der Waals surface area contributed by atoms with Crippen molar-refractivity contribution in [1.29, 1.82) is 0 Å². The van der Waals surface area contributed by atoms with E-state index in [2.05, 4.69) is 0 Å². The molecule has 0 spiro atoms. The van der Waals surface area contributed by atoms with Gasteiger partial charge < -0.3 is 18.9 Å². The molecule has 0 radical (unpaired) electrons. The smallest absolute Gasteiger partial charge is 0.303 e. The first-order chi connectivity index (χ1) is 16.2. The molecule has 0 N–H and O–H groups in total. The van der Waals surface area contributed by atoms with Gasteiger partial charge >= 0.3 is 11.9 Å². The van der Waals surface area contributed by atoms with Gasteiger partial charge in [-0.2, -0.15) is 0 Å². The van der Waals surface area contributed by atoms with Crippen molar-refractivity contribution in [3.63, 3.8) is 0 Å². The van der Waals surface area contributed by atoms with Crippen molar-refractivity contribution >= 4 is 23.5 Å². The van der Waals surface area contributed by atoms with E-state index in [1.807, 2.05) is 63.2 Å². The molecule has 1 saturated heterocycles. The molecule has 1 aliphatic heterocycles. The molecule has 0 amide bonds. The SMILES string of the molecule is CCOc1ccc(Cc2cc([C@@H]3O[C@H](CC)[C@@H](C)[C@H](OC(C)=O)[C@H]3OC(C)=O)ccc2Cl)cc1. The van der Waals surface area contributed by atoms with Crippen LogP contribution >= 0.6 is 11.6 Å². The maximum atomic E-state index is 12.0. The number of hydrogen-bond donors (Lipinski definition) is 0. The minimum atomic E-state index is -0.765. The van der Waals surface area contributed by atoms with Crippen molar-refractivity contribution in [1.82, 2.24) is 0 Å². The van der Waals surface area contributed by atoms with Crippen LogP contribution in [0.5, 0.6) is 5.75 Å². The van der Waals surface area contributed by atoms with Crippen LogP contribution in [0.2, 0.25) is 5.02 Å². The van der Waals surface area contributed by atoms with Gasteiger partial charge in [-0.1, -0.05) is 49.7 Å². The normalized spacial score (nSPS) is 24.4. The van der Waals surface area contributed by atoms with Gasteiger partial charge in [-0.25, -0.2) is 0 Å². The Morgan fingerprint density at radius 2 is 1.62 bits per heavy atom. The van der Waals surface area contributed by atoms with Gasteiger partial charge in [-0.3, -0.25) is 9.59 Å². The number of hydrogen-bond acceptors (Lipinski definition) is 6. The maximum absolute atomic E-state index is 12.0. The zero-order valence-electron chi connectivity index (χ0n) is 20.4. The summed E-state index contributed by atoms with van der Waals surface area (Å²) < 4.78 is 23.3. The van der Waals surface area contributed by atoms with E-state index in [-0.39, 0.29) is 12.0 Å². The first-order valence-electron chi connectivity index (χ1n) is 11.7. The van der Waals surface area contributed by atoms with Crippen LogP contribution in [0.3, 0.4) is 0 Å². The Labute approximate surface area is 206 Å². The highest BCUT2D eigenvalue weighted by Crippen LogP contribution is 2.40. The molecule has 0 bridgehead atoms. The first kappa shape index (κ1) is 26.0. The minimum Gasteiger partial charge on any atom is -0.494 e. The molecule has 184 valence electrons. The summed E-state index contributed by atoms with van der Waals surface area (Å²) in [5.41, 5.74) is 2.82. The van der Waals surface area contributed by atoms with E-state index in [1.165, 1.54) is 13.8 Å². The second-order valence-corrected chi connectivity index (χ2v) is 9.02. The van der Waals surface area contributed by atoms with E-state index in [9.17, 15) is 9.59 Å². The van der Waals surface area contributed by atoms with Crippen LogP contribution < -0.4 is 4.74 Å². The molecule has 0 aromatic heterocycles. The van der Waals surface area contributed by atoms with Gasteiger partial charge in [-0.05, 0) is 54.7 Å². The Kier molecular flexibility index (Phi) is 8.97. The average molecular weight is 489 g/mol. The predicted molar refractivity (Wildman–Crippen MR) is 130 cm³/mol. The molecule has 2 aromatic rings. The number of ether oxygens (including phenoxy) is 4. The van der Waals surface area contributed by atoms with E-state index < -0.39 is 30.3 Å². The molecule has 1 heterocycles. The van der Waals surface area contributed by atoms with Crippen LogP contribution in [0.15, 0.2) is 42.5 Å². The monoisotopic (exact) mass is 488 g/mol. The average Bonchev–Trinajstić information content (AvgIpc) is 2.79. The van der Waals surface area contributed by atoms with E-state index in [0.717, 1.165) is 28.9 Å². The van der Waals surface area contributed by atoms with Crippen LogP contribution in [0.1, 0.15) is 63.8 Å². The molecular weight excluding hydrogens is 456 g/mol. The molecule has 2 aromatic carbocycles. The number of halogens is 1. The Bertz CT molecular complexity index is 989. The third-order valence-corrected chi connectivity index (χ3v) is 6.45. The molecule has 0 saturated carbocycles. The van der Waals surface area contributed by atoms with Crippen molar-refractivity contribution in [2.75, 3.05) is 6.61 Å². The van der Waals surface area contributed by atoms with Crippen LogP contribution in [-0.4, -0.2) is 36.9 Å². The largest absolute Gasteiger partial charge is 0.494 e. The summed E-state index contributed by atoms with van der Waals surface area (Å²) in [5.74, 6) is -0.189. The van der Waals surface area contributed by atoms with Gasteiger partial charge in [0.25, 0.3) is 0 Å². The van der Waals surface area contributed by atoms with Crippen molar-refractivity contribution in [3.05, 3.63) is 64.2 Å². The van der Waals surface area contributed by atoms with Crippen LogP contribution in [0.4, 0.5) is 0 Å². The summed E-state index contributed by atoms with van der Waals surface area (Å²) in [6, 6.07) is 13.6. The fourth-order valence-electron chi connectivity index (χ4n) is 4.49. The number of carbonyl (C=O) groups is 2. The Hall–Kier alpha value is -2.57. The lowest BCUT2D eigenvalue weighted by molar-refractivity contribution is -0.225. The summed E-state index contributed by atoms with van der Waals surface area (Å²) in [6.45, 7) is 9.25. The highest BCUT2D eigenvalue weighted by molar-refractivity contribution is 6.31. The molecule has 1 aliphatic rings. The van der Waals surface area contributed by atoms with Gasteiger partial charge in [0.2, 0.25) is 0 Å². The molecule has 1 fully saturated rings. The number of esters is 2. The van der Waals surface area contributed by atoms with Crippen molar-refractivity contribution in [2.24, 2.45) is 5.92 Å². The highest BCUT2D eigenvalue weighted by Gasteiger charge is 2.47. The highest BCUT2D eigenvalue weighted by atomic mass is 35.5. The van der Waals surface area contributed by atoms with Gasteiger partial charge in [0.05, 0.1) is 12.7 Å². The Balaban J connectivity index is 1.94. The summed E-state index contributed by atoms with van der Waals surface area (Å²) in [7, 11) is 0. The quantitative estimate of drug-likeness (QED) is 0.445. The van der Waals surface area contributed by atoms with E-state index in [1.54, 1.807) is 0 Å². The third-order valence-electron chi connectivity index (χ3n) is 6.08. The van der Waals surface area contributed by atoms with Crippen molar-refractivity contribution in [2.45, 2.75) is 71.9 Å². The molecular formula is C27H33ClO6. The maximum Gasteiger partial charge on any atom is 0.303 e. The zero-order chi connectivity index (χ0) is 24.8. The number of rotatable bonds is 8.